The molecule has 2 heteroatoms. The molecule has 0 radical (unpaired) electrons. The largest absolute Gasteiger partial charge is 0.300 e. The molecule has 4 aliphatic rings. The minimum atomic E-state index is 0.304. The van der Waals surface area contributed by atoms with Crippen molar-refractivity contribution in [1.29, 1.82) is 0 Å². The standard InChI is InChI=1S/C21H30O2/c1-3-21-11-10-17-16-7-5-15(23)12-14(16)4-6-18(17)20(21)9-8-19(21)13(2)22/h12,16-20H,3-11H2,1-2H3/t16-,17+,18+,19?,20-,21+/m0/s1. The minimum absolute atomic E-state index is 0.304. The fraction of sp³-hybridized carbons (Fsp3) is 0.810. The number of rotatable bonds is 2. The number of hydrogen-bond acceptors (Lipinski definition) is 2. The first kappa shape index (κ1) is 15.6. The number of hydrogen-bond donors (Lipinski definition) is 0. The summed E-state index contributed by atoms with van der Waals surface area (Å²) in [4.78, 5) is 24.0. The summed E-state index contributed by atoms with van der Waals surface area (Å²) in [5.41, 5.74) is 1.77. The first-order chi connectivity index (χ1) is 11.1. The molecule has 0 aromatic heterocycles. The Morgan fingerprint density at radius 3 is 2.70 bits per heavy atom. The quantitative estimate of drug-likeness (QED) is 0.739. The summed E-state index contributed by atoms with van der Waals surface area (Å²) in [5.74, 6) is 4.15. The van der Waals surface area contributed by atoms with Crippen LogP contribution >= 0.6 is 0 Å². The number of allylic oxidation sites excluding steroid dienone is 1. The Kier molecular flexibility index (Phi) is 3.77. The fourth-order valence-electron chi connectivity index (χ4n) is 7.28. The molecular formula is C21H30O2. The molecule has 6 atom stereocenters. The first-order valence-corrected chi connectivity index (χ1v) is 9.80. The lowest BCUT2D eigenvalue weighted by Crippen LogP contribution is -2.48. The lowest BCUT2D eigenvalue weighted by atomic mass is 9.50. The van der Waals surface area contributed by atoms with E-state index < -0.39 is 0 Å². The van der Waals surface area contributed by atoms with E-state index in [-0.39, 0.29) is 0 Å². The Hall–Kier alpha value is -0.920. The number of fused-ring (bicyclic) bond motifs is 5. The van der Waals surface area contributed by atoms with Crippen molar-refractivity contribution in [2.45, 2.75) is 71.6 Å². The van der Waals surface area contributed by atoms with Gasteiger partial charge in [-0.05, 0) is 93.5 Å². The van der Waals surface area contributed by atoms with Gasteiger partial charge in [0.2, 0.25) is 0 Å². The number of Topliss-reactive ketones (excluding diaryl/α,β-unsaturated/α-hetero) is 1. The summed E-state index contributed by atoms with van der Waals surface area (Å²) < 4.78 is 0. The molecule has 126 valence electrons. The van der Waals surface area contributed by atoms with Gasteiger partial charge in [-0.15, -0.1) is 0 Å². The second-order valence-corrected chi connectivity index (χ2v) is 8.67. The van der Waals surface area contributed by atoms with Crippen molar-refractivity contribution in [1.82, 2.24) is 0 Å². The summed E-state index contributed by atoms with van der Waals surface area (Å²) in [6, 6.07) is 0. The van der Waals surface area contributed by atoms with E-state index in [2.05, 4.69) is 6.92 Å². The molecular weight excluding hydrogens is 284 g/mol. The molecule has 3 fully saturated rings. The van der Waals surface area contributed by atoms with Crippen LogP contribution in [0.1, 0.15) is 71.6 Å². The van der Waals surface area contributed by atoms with Crippen molar-refractivity contribution < 1.29 is 9.59 Å². The third-order valence-electron chi connectivity index (χ3n) is 8.17. The van der Waals surface area contributed by atoms with E-state index >= 15 is 0 Å². The Balaban J connectivity index is 1.64. The predicted octanol–water partition coefficient (Wildman–Crippen LogP) is 4.72. The van der Waals surface area contributed by atoms with Gasteiger partial charge in [0.25, 0.3) is 0 Å². The molecule has 0 amide bonds. The normalized spacial score (nSPS) is 45.7. The van der Waals surface area contributed by atoms with Crippen LogP contribution in [0, 0.1) is 35.0 Å². The smallest absolute Gasteiger partial charge is 0.155 e. The fourth-order valence-corrected chi connectivity index (χ4v) is 7.28. The highest BCUT2D eigenvalue weighted by atomic mass is 16.1. The summed E-state index contributed by atoms with van der Waals surface area (Å²) in [6.07, 6.45) is 12.3. The average Bonchev–Trinajstić information content (AvgIpc) is 2.94. The highest BCUT2D eigenvalue weighted by Gasteiger charge is 2.58. The molecule has 0 N–H and O–H groups in total. The van der Waals surface area contributed by atoms with Crippen molar-refractivity contribution in [3.8, 4) is 0 Å². The lowest BCUT2D eigenvalue weighted by molar-refractivity contribution is -0.128. The molecule has 0 spiro atoms. The van der Waals surface area contributed by atoms with Crippen molar-refractivity contribution in [3.63, 3.8) is 0 Å². The van der Waals surface area contributed by atoms with Crippen LogP contribution in [0.25, 0.3) is 0 Å². The van der Waals surface area contributed by atoms with Gasteiger partial charge in [-0.2, -0.15) is 0 Å². The molecule has 0 bridgehead atoms. The Labute approximate surface area is 140 Å². The third kappa shape index (κ3) is 2.20. The van der Waals surface area contributed by atoms with Crippen LogP contribution in [0.4, 0.5) is 0 Å². The van der Waals surface area contributed by atoms with Crippen LogP contribution in [0.15, 0.2) is 11.6 Å². The Morgan fingerprint density at radius 2 is 1.96 bits per heavy atom. The van der Waals surface area contributed by atoms with Crippen LogP contribution < -0.4 is 0 Å². The molecule has 0 heterocycles. The maximum Gasteiger partial charge on any atom is 0.155 e. The van der Waals surface area contributed by atoms with E-state index in [0.29, 0.717) is 28.8 Å². The first-order valence-electron chi connectivity index (χ1n) is 9.80. The molecule has 1 unspecified atom stereocenters. The summed E-state index contributed by atoms with van der Waals surface area (Å²) in [7, 11) is 0. The van der Waals surface area contributed by atoms with Crippen molar-refractivity contribution in [3.05, 3.63) is 11.6 Å². The number of ketones is 2. The molecule has 23 heavy (non-hydrogen) atoms. The van der Waals surface area contributed by atoms with Crippen LogP contribution in [-0.2, 0) is 9.59 Å². The van der Waals surface area contributed by atoms with E-state index in [0.717, 1.165) is 43.4 Å². The van der Waals surface area contributed by atoms with Crippen LogP contribution in [0.3, 0.4) is 0 Å². The van der Waals surface area contributed by atoms with Gasteiger partial charge in [-0.25, -0.2) is 0 Å². The molecule has 0 aromatic rings. The Bertz CT molecular complexity index is 560. The topological polar surface area (TPSA) is 34.1 Å². The molecule has 2 nitrogen and oxygen atoms in total. The number of carbonyl (C=O) groups excluding carboxylic acids is 2. The molecule has 0 aromatic carbocycles. The highest BCUT2D eigenvalue weighted by Crippen LogP contribution is 2.65. The van der Waals surface area contributed by atoms with E-state index in [9.17, 15) is 9.59 Å². The third-order valence-corrected chi connectivity index (χ3v) is 8.17. The SMILES string of the molecule is CC[C@]12CC[C@H]3[C@@H](CCC4=CC(=O)CC[C@@H]43)[C@@H]1CCC2C(C)=O. The van der Waals surface area contributed by atoms with Crippen molar-refractivity contribution in [2.75, 3.05) is 0 Å². The van der Waals surface area contributed by atoms with Crippen LogP contribution in [0.5, 0.6) is 0 Å². The maximum absolute atomic E-state index is 12.2. The second kappa shape index (κ2) is 5.57. The highest BCUT2D eigenvalue weighted by molar-refractivity contribution is 5.91. The van der Waals surface area contributed by atoms with Crippen LogP contribution in [0.2, 0.25) is 0 Å². The van der Waals surface area contributed by atoms with Crippen molar-refractivity contribution in [2.24, 2.45) is 35.0 Å². The summed E-state index contributed by atoms with van der Waals surface area (Å²) >= 11 is 0. The predicted molar refractivity (Wildman–Crippen MR) is 90.9 cm³/mol. The van der Waals surface area contributed by atoms with Gasteiger partial charge in [0.05, 0.1) is 0 Å². The Morgan fingerprint density at radius 1 is 1.13 bits per heavy atom. The summed E-state index contributed by atoms with van der Waals surface area (Å²) in [5, 5.41) is 0. The van der Waals surface area contributed by atoms with Crippen LogP contribution in [-0.4, -0.2) is 11.6 Å². The van der Waals surface area contributed by atoms with E-state index in [1.54, 1.807) is 0 Å². The zero-order valence-corrected chi connectivity index (χ0v) is 14.6. The van der Waals surface area contributed by atoms with Gasteiger partial charge in [0, 0.05) is 12.3 Å². The molecule has 3 saturated carbocycles. The van der Waals surface area contributed by atoms with Gasteiger partial charge in [-0.1, -0.05) is 12.5 Å². The zero-order chi connectivity index (χ0) is 16.2. The van der Waals surface area contributed by atoms with Crippen molar-refractivity contribution >= 4 is 11.6 Å². The van der Waals surface area contributed by atoms with E-state index in [4.69, 9.17) is 0 Å². The van der Waals surface area contributed by atoms with Gasteiger partial charge >= 0.3 is 0 Å². The molecule has 4 aliphatic carbocycles. The van der Waals surface area contributed by atoms with E-state index in [1.165, 1.54) is 37.7 Å². The van der Waals surface area contributed by atoms with Gasteiger partial charge in [0.1, 0.15) is 5.78 Å². The monoisotopic (exact) mass is 314 g/mol. The zero-order valence-electron chi connectivity index (χ0n) is 14.6. The van der Waals surface area contributed by atoms with Gasteiger partial charge in [-0.3, -0.25) is 9.59 Å². The maximum atomic E-state index is 12.2. The van der Waals surface area contributed by atoms with Gasteiger partial charge in [0.15, 0.2) is 5.78 Å². The minimum Gasteiger partial charge on any atom is -0.300 e. The van der Waals surface area contributed by atoms with Gasteiger partial charge < -0.3 is 0 Å². The van der Waals surface area contributed by atoms with E-state index in [1.807, 2.05) is 13.0 Å². The molecule has 0 saturated heterocycles. The second-order valence-electron chi connectivity index (χ2n) is 8.67. The molecule has 0 aliphatic heterocycles. The molecule has 4 rings (SSSR count). The lowest BCUT2D eigenvalue weighted by Gasteiger charge is -2.54. The number of carbonyl (C=O) groups is 2. The average molecular weight is 314 g/mol. The summed E-state index contributed by atoms with van der Waals surface area (Å²) in [6.45, 7) is 4.15.